The van der Waals surface area contributed by atoms with Gasteiger partial charge in [0.2, 0.25) is 0 Å². The molecule has 7 heteroatoms. The Hall–Kier alpha value is -2.15. The molecule has 1 fully saturated rings. The molecule has 0 spiro atoms. The quantitative estimate of drug-likeness (QED) is 0.777. The summed E-state index contributed by atoms with van der Waals surface area (Å²) < 4.78 is 15.3. The molecule has 1 saturated heterocycles. The Morgan fingerprint density at radius 3 is 2.58 bits per heavy atom. The Labute approximate surface area is 111 Å². The lowest BCUT2D eigenvalue weighted by Gasteiger charge is -2.30. The molecule has 1 amide bonds. The SMILES string of the molecule is COc1cc(N2CCOCC2)c(N)cc1OC(N)=O. The van der Waals surface area contributed by atoms with Crippen LogP contribution < -0.4 is 25.8 Å². The summed E-state index contributed by atoms with van der Waals surface area (Å²) in [5.74, 6) is 0.624. The van der Waals surface area contributed by atoms with Crippen molar-refractivity contribution in [1.82, 2.24) is 0 Å². The molecule has 2 rings (SSSR count). The molecule has 0 bridgehead atoms. The number of methoxy groups -OCH3 is 1. The number of hydrogen-bond donors (Lipinski definition) is 2. The summed E-state index contributed by atoms with van der Waals surface area (Å²) in [5, 5.41) is 0. The number of benzene rings is 1. The van der Waals surface area contributed by atoms with Crippen LogP contribution in [0.3, 0.4) is 0 Å². The summed E-state index contributed by atoms with van der Waals surface area (Å²) in [7, 11) is 1.49. The first kappa shape index (κ1) is 13.3. The lowest BCUT2D eigenvalue weighted by Crippen LogP contribution is -2.36. The average molecular weight is 267 g/mol. The van der Waals surface area contributed by atoms with E-state index in [-0.39, 0.29) is 5.75 Å². The largest absolute Gasteiger partial charge is 0.493 e. The minimum absolute atomic E-state index is 0.213. The van der Waals surface area contributed by atoms with E-state index >= 15 is 0 Å². The molecule has 104 valence electrons. The lowest BCUT2D eigenvalue weighted by atomic mass is 10.2. The second kappa shape index (κ2) is 5.66. The Balaban J connectivity index is 2.32. The van der Waals surface area contributed by atoms with Crippen molar-refractivity contribution in [3.05, 3.63) is 12.1 Å². The van der Waals surface area contributed by atoms with E-state index in [1.54, 1.807) is 6.07 Å². The molecule has 1 aromatic carbocycles. The third-order valence-electron chi connectivity index (χ3n) is 2.88. The Morgan fingerprint density at radius 1 is 1.32 bits per heavy atom. The van der Waals surface area contributed by atoms with Crippen LogP contribution in [0.1, 0.15) is 0 Å². The molecule has 0 radical (unpaired) electrons. The van der Waals surface area contributed by atoms with Gasteiger partial charge in [0, 0.05) is 25.2 Å². The van der Waals surface area contributed by atoms with Crippen LogP contribution in [0.15, 0.2) is 12.1 Å². The van der Waals surface area contributed by atoms with Crippen LogP contribution in [0.25, 0.3) is 0 Å². The highest BCUT2D eigenvalue weighted by molar-refractivity contribution is 5.76. The molecule has 1 aromatic rings. The third-order valence-corrected chi connectivity index (χ3v) is 2.88. The minimum atomic E-state index is -0.906. The normalized spacial score (nSPS) is 15.1. The highest BCUT2D eigenvalue weighted by Crippen LogP contribution is 2.37. The van der Waals surface area contributed by atoms with Gasteiger partial charge in [-0.3, -0.25) is 0 Å². The highest BCUT2D eigenvalue weighted by Gasteiger charge is 2.18. The summed E-state index contributed by atoms with van der Waals surface area (Å²) in [6.07, 6.45) is -0.906. The van der Waals surface area contributed by atoms with Crippen molar-refractivity contribution in [2.24, 2.45) is 5.73 Å². The highest BCUT2D eigenvalue weighted by atomic mass is 16.6. The number of anilines is 2. The molecule has 1 heterocycles. The predicted molar refractivity (Wildman–Crippen MR) is 70.6 cm³/mol. The number of nitrogen functional groups attached to an aromatic ring is 1. The van der Waals surface area contributed by atoms with Crippen molar-refractivity contribution in [3.63, 3.8) is 0 Å². The molecule has 0 unspecified atom stereocenters. The number of amides is 1. The van der Waals surface area contributed by atoms with Gasteiger partial charge in [-0.1, -0.05) is 0 Å². The van der Waals surface area contributed by atoms with Crippen LogP contribution in [-0.4, -0.2) is 39.5 Å². The van der Waals surface area contributed by atoms with E-state index < -0.39 is 6.09 Å². The monoisotopic (exact) mass is 267 g/mol. The van der Waals surface area contributed by atoms with Gasteiger partial charge in [0.15, 0.2) is 11.5 Å². The number of primary amides is 1. The van der Waals surface area contributed by atoms with E-state index in [1.165, 1.54) is 13.2 Å². The standard InChI is InChI=1S/C12H17N3O4/c1-17-10-7-9(15-2-4-18-5-3-15)8(13)6-11(10)19-12(14)16/h6-7H,2-5,13H2,1H3,(H2,14,16). The fourth-order valence-corrected chi connectivity index (χ4v) is 1.99. The Morgan fingerprint density at radius 2 is 2.00 bits per heavy atom. The van der Waals surface area contributed by atoms with Gasteiger partial charge in [-0.15, -0.1) is 0 Å². The molecule has 0 saturated carbocycles. The van der Waals surface area contributed by atoms with Gasteiger partial charge in [-0.05, 0) is 0 Å². The molecule has 1 aliphatic rings. The second-order valence-corrected chi connectivity index (χ2v) is 4.08. The van der Waals surface area contributed by atoms with Crippen LogP contribution >= 0.6 is 0 Å². The number of nitrogens with zero attached hydrogens (tertiary/aromatic N) is 1. The number of carbonyl (C=O) groups excluding carboxylic acids is 1. The topological polar surface area (TPSA) is 100 Å². The van der Waals surface area contributed by atoms with Crippen LogP contribution in [0.4, 0.5) is 16.2 Å². The van der Waals surface area contributed by atoms with E-state index in [2.05, 4.69) is 4.90 Å². The number of hydrogen-bond acceptors (Lipinski definition) is 6. The van der Waals surface area contributed by atoms with Gasteiger partial charge in [0.1, 0.15) is 0 Å². The molecule has 0 aromatic heterocycles. The summed E-state index contributed by atoms with van der Waals surface area (Å²) in [4.78, 5) is 12.9. The Bertz CT molecular complexity index is 472. The first-order valence-electron chi connectivity index (χ1n) is 5.89. The predicted octanol–water partition coefficient (Wildman–Crippen LogP) is 0.572. The molecule has 19 heavy (non-hydrogen) atoms. The molecular weight excluding hydrogens is 250 g/mol. The van der Waals surface area contributed by atoms with Crippen LogP contribution in [0.5, 0.6) is 11.5 Å². The van der Waals surface area contributed by atoms with Crippen molar-refractivity contribution < 1.29 is 19.0 Å². The van der Waals surface area contributed by atoms with Gasteiger partial charge in [-0.25, -0.2) is 4.79 Å². The van der Waals surface area contributed by atoms with Crippen molar-refractivity contribution in [2.45, 2.75) is 0 Å². The fraction of sp³-hybridized carbons (Fsp3) is 0.417. The molecule has 1 aliphatic heterocycles. The molecule has 0 atom stereocenters. The number of nitrogens with two attached hydrogens (primary N) is 2. The first-order chi connectivity index (χ1) is 9.11. The first-order valence-corrected chi connectivity index (χ1v) is 5.89. The molecule has 7 nitrogen and oxygen atoms in total. The number of ether oxygens (including phenoxy) is 3. The summed E-state index contributed by atoms with van der Waals surface area (Å²) in [6.45, 7) is 2.81. The third kappa shape index (κ3) is 3.00. The van der Waals surface area contributed by atoms with E-state index in [1.807, 2.05) is 0 Å². The van der Waals surface area contributed by atoms with Crippen molar-refractivity contribution in [1.29, 1.82) is 0 Å². The Kier molecular flexibility index (Phi) is 3.96. The molecular formula is C12H17N3O4. The average Bonchev–Trinajstić information content (AvgIpc) is 2.39. The van der Waals surface area contributed by atoms with E-state index in [9.17, 15) is 4.79 Å². The van der Waals surface area contributed by atoms with Crippen molar-refractivity contribution in [3.8, 4) is 11.5 Å². The van der Waals surface area contributed by atoms with Crippen LogP contribution in [-0.2, 0) is 4.74 Å². The van der Waals surface area contributed by atoms with Crippen LogP contribution in [0.2, 0.25) is 0 Å². The van der Waals surface area contributed by atoms with Crippen molar-refractivity contribution >= 4 is 17.5 Å². The minimum Gasteiger partial charge on any atom is -0.493 e. The van der Waals surface area contributed by atoms with Gasteiger partial charge in [0.05, 0.1) is 31.7 Å². The fourth-order valence-electron chi connectivity index (χ4n) is 1.99. The maximum atomic E-state index is 10.8. The van der Waals surface area contributed by atoms with E-state index in [0.717, 1.165) is 18.8 Å². The van der Waals surface area contributed by atoms with Gasteiger partial charge in [0.25, 0.3) is 0 Å². The van der Waals surface area contributed by atoms with Gasteiger partial charge >= 0.3 is 6.09 Å². The number of carbonyl (C=O) groups is 1. The van der Waals surface area contributed by atoms with Crippen LogP contribution in [0, 0.1) is 0 Å². The zero-order valence-corrected chi connectivity index (χ0v) is 10.7. The second-order valence-electron chi connectivity index (χ2n) is 4.08. The maximum absolute atomic E-state index is 10.8. The van der Waals surface area contributed by atoms with E-state index in [0.29, 0.717) is 24.7 Å². The molecule has 4 N–H and O–H groups in total. The summed E-state index contributed by atoms with van der Waals surface area (Å²) in [6, 6.07) is 3.27. The maximum Gasteiger partial charge on any atom is 0.410 e. The van der Waals surface area contributed by atoms with E-state index in [4.69, 9.17) is 25.7 Å². The van der Waals surface area contributed by atoms with Crippen molar-refractivity contribution in [2.75, 3.05) is 44.0 Å². The smallest absolute Gasteiger partial charge is 0.410 e. The zero-order valence-electron chi connectivity index (χ0n) is 10.7. The molecule has 0 aliphatic carbocycles. The zero-order chi connectivity index (χ0) is 13.8. The summed E-state index contributed by atoms with van der Waals surface area (Å²) >= 11 is 0. The lowest BCUT2D eigenvalue weighted by molar-refractivity contribution is 0.122. The van der Waals surface area contributed by atoms with Gasteiger partial charge in [-0.2, -0.15) is 0 Å². The summed E-state index contributed by atoms with van der Waals surface area (Å²) in [5.41, 5.74) is 12.3. The number of morpholine rings is 1. The number of rotatable bonds is 3. The van der Waals surface area contributed by atoms with Gasteiger partial charge < -0.3 is 30.6 Å².